The van der Waals surface area contributed by atoms with Crippen molar-refractivity contribution in [2.45, 2.75) is 30.7 Å². The molecule has 0 radical (unpaired) electrons. The zero-order chi connectivity index (χ0) is 26.1. The molecule has 0 spiro atoms. The van der Waals surface area contributed by atoms with Gasteiger partial charge in [0, 0.05) is 50.0 Å². The summed E-state index contributed by atoms with van der Waals surface area (Å²) in [5, 5.41) is 7.53. The second-order valence-electron chi connectivity index (χ2n) is 9.50. The maximum absolute atomic E-state index is 11.9. The highest BCUT2D eigenvalue weighted by Crippen LogP contribution is 2.48. The van der Waals surface area contributed by atoms with E-state index in [1.54, 1.807) is 18.6 Å². The van der Waals surface area contributed by atoms with Gasteiger partial charge < -0.3 is 25.2 Å². The number of hydrogen-bond donors (Lipinski definition) is 2. The number of methoxy groups -OCH3 is 1. The average Bonchev–Trinajstić information content (AvgIpc) is 3.43. The molecule has 4 aromatic rings. The first-order valence-electron chi connectivity index (χ1n) is 12.5. The monoisotopic (exact) mass is 513 g/mol. The van der Waals surface area contributed by atoms with Gasteiger partial charge in [-0.2, -0.15) is 4.98 Å². The van der Waals surface area contributed by atoms with E-state index < -0.39 is 0 Å². The predicted octanol–water partition coefficient (Wildman–Crippen LogP) is 1.99. The van der Waals surface area contributed by atoms with Gasteiger partial charge in [-0.05, 0) is 36.6 Å². The standard InChI is InChI=1S/C26H27N9O3/c1-37-23(36)20-15-35(10-9-28-20)21-6-3-16(11-30-21)22-33-24(34-38-22)26(7-2-8-26)18-4-5-19(29-14-18)17-12-31-25(27)32-13-17/h3-6,11-14,20,28H,2,7-10,15H2,1H3,(H2,27,31,32)/t20-/m1/s1. The largest absolute Gasteiger partial charge is 0.468 e. The molecule has 2 aliphatic rings. The van der Waals surface area contributed by atoms with E-state index >= 15 is 0 Å². The minimum Gasteiger partial charge on any atom is -0.468 e. The summed E-state index contributed by atoms with van der Waals surface area (Å²) in [6, 6.07) is 7.44. The molecule has 12 nitrogen and oxygen atoms in total. The summed E-state index contributed by atoms with van der Waals surface area (Å²) in [6.07, 6.45) is 9.82. The highest BCUT2D eigenvalue weighted by Gasteiger charge is 2.45. The molecule has 2 fully saturated rings. The van der Waals surface area contributed by atoms with E-state index in [9.17, 15) is 4.79 Å². The van der Waals surface area contributed by atoms with Crippen molar-refractivity contribution in [1.29, 1.82) is 0 Å². The van der Waals surface area contributed by atoms with Crippen LogP contribution < -0.4 is 16.0 Å². The molecule has 38 heavy (non-hydrogen) atoms. The Morgan fingerprint density at radius 3 is 2.55 bits per heavy atom. The fourth-order valence-electron chi connectivity index (χ4n) is 4.98. The molecular weight excluding hydrogens is 486 g/mol. The topological polar surface area (TPSA) is 158 Å². The first-order valence-corrected chi connectivity index (χ1v) is 12.5. The van der Waals surface area contributed by atoms with E-state index in [-0.39, 0.29) is 23.4 Å². The Hall–Kier alpha value is -4.45. The highest BCUT2D eigenvalue weighted by molar-refractivity contribution is 5.77. The van der Waals surface area contributed by atoms with E-state index in [0.717, 1.165) is 54.0 Å². The van der Waals surface area contributed by atoms with Crippen LogP contribution in [0.4, 0.5) is 11.8 Å². The fraction of sp³-hybridized carbons (Fsp3) is 0.346. The molecule has 1 aliphatic carbocycles. The van der Waals surface area contributed by atoms with E-state index in [0.29, 0.717) is 24.8 Å². The Labute approximate surface area is 218 Å². The number of aromatic nitrogens is 6. The van der Waals surface area contributed by atoms with Crippen molar-refractivity contribution in [3.63, 3.8) is 0 Å². The van der Waals surface area contributed by atoms with E-state index in [4.69, 9.17) is 20.0 Å². The van der Waals surface area contributed by atoms with Crippen molar-refractivity contribution in [3.8, 4) is 22.7 Å². The molecule has 0 amide bonds. The first kappa shape index (κ1) is 23.9. The van der Waals surface area contributed by atoms with Crippen LogP contribution in [0.5, 0.6) is 0 Å². The quantitative estimate of drug-likeness (QED) is 0.362. The molecule has 1 saturated carbocycles. The lowest BCUT2D eigenvalue weighted by Gasteiger charge is -2.39. The molecule has 1 saturated heterocycles. The second-order valence-corrected chi connectivity index (χ2v) is 9.50. The minimum absolute atomic E-state index is 0.229. The van der Waals surface area contributed by atoms with Crippen molar-refractivity contribution in [2.24, 2.45) is 0 Å². The van der Waals surface area contributed by atoms with Crippen LogP contribution in [0.1, 0.15) is 30.7 Å². The van der Waals surface area contributed by atoms with Gasteiger partial charge in [-0.25, -0.2) is 15.0 Å². The van der Waals surface area contributed by atoms with Gasteiger partial charge in [-0.15, -0.1) is 0 Å². The number of nitrogen functional groups attached to an aromatic ring is 1. The third kappa shape index (κ3) is 4.32. The Bertz CT molecular complexity index is 1420. The number of esters is 1. The molecule has 5 heterocycles. The van der Waals surface area contributed by atoms with Crippen LogP contribution in [0.2, 0.25) is 0 Å². The van der Waals surface area contributed by atoms with Gasteiger partial charge in [-0.1, -0.05) is 17.6 Å². The molecule has 0 unspecified atom stereocenters. The van der Waals surface area contributed by atoms with Crippen LogP contribution in [0, 0.1) is 0 Å². The lowest BCUT2D eigenvalue weighted by molar-refractivity contribution is -0.143. The summed E-state index contributed by atoms with van der Waals surface area (Å²) in [4.78, 5) is 36.1. The average molecular weight is 514 g/mol. The number of ether oxygens (including phenoxy) is 1. The van der Waals surface area contributed by atoms with E-state index in [2.05, 4.69) is 41.4 Å². The van der Waals surface area contributed by atoms with Crippen LogP contribution in [0.3, 0.4) is 0 Å². The summed E-state index contributed by atoms with van der Waals surface area (Å²) >= 11 is 0. The van der Waals surface area contributed by atoms with Crippen LogP contribution in [-0.2, 0) is 14.9 Å². The number of carbonyl (C=O) groups excluding carboxylic acids is 1. The Kier molecular flexibility index (Phi) is 6.16. The van der Waals surface area contributed by atoms with E-state index in [1.807, 2.05) is 24.4 Å². The number of rotatable bonds is 6. The molecule has 0 aromatic carbocycles. The molecule has 12 heteroatoms. The predicted molar refractivity (Wildman–Crippen MR) is 138 cm³/mol. The molecule has 0 bridgehead atoms. The third-order valence-corrected chi connectivity index (χ3v) is 7.32. The Morgan fingerprint density at radius 1 is 1.08 bits per heavy atom. The Balaban J connectivity index is 1.20. The highest BCUT2D eigenvalue weighted by atomic mass is 16.5. The van der Waals surface area contributed by atoms with Crippen molar-refractivity contribution >= 4 is 17.7 Å². The number of carbonyl (C=O) groups is 1. The number of nitrogens with zero attached hydrogens (tertiary/aromatic N) is 7. The zero-order valence-corrected chi connectivity index (χ0v) is 20.9. The fourth-order valence-corrected chi connectivity index (χ4v) is 4.98. The van der Waals surface area contributed by atoms with Gasteiger partial charge in [0.1, 0.15) is 11.9 Å². The summed E-state index contributed by atoms with van der Waals surface area (Å²) in [5.74, 6) is 1.79. The molecule has 1 atom stereocenters. The van der Waals surface area contributed by atoms with Crippen molar-refractivity contribution in [3.05, 3.63) is 60.4 Å². The van der Waals surface area contributed by atoms with Gasteiger partial charge in [-0.3, -0.25) is 9.78 Å². The Morgan fingerprint density at radius 2 is 1.89 bits per heavy atom. The minimum atomic E-state index is -0.379. The smallest absolute Gasteiger partial charge is 0.324 e. The lowest BCUT2D eigenvalue weighted by atomic mass is 9.64. The third-order valence-electron chi connectivity index (χ3n) is 7.32. The van der Waals surface area contributed by atoms with Crippen LogP contribution >= 0.6 is 0 Å². The maximum Gasteiger partial charge on any atom is 0.324 e. The molecule has 4 aromatic heterocycles. The van der Waals surface area contributed by atoms with Gasteiger partial charge in [0.15, 0.2) is 5.82 Å². The number of hydrogen-bond acceptors (Lipinski definition) is 12. The molecule has 6 rings (SSSR count). The van der Waals surface area contributed by atoms with Crippen LogP contribution in [0.15, 0.2) is 53.6 Å². The molecular formula is C26H27N9O3. The lowest BCUT2D eigenvalue weighted by Crippen LogP contribution is -2.54. The maximum atomic E-state index is 11.9. The molecule has 3 N–H and O–H groups in total. The SMILES string of the molecule is COC(=O)[C@H]1CN(c2ccc(-c3nc(C4(c5ccc(-c6cnc(N)nc6)nc5)CCC4)no3)cn2)CCN1. The second kappa shape index (κ2) is 9.78. The van der Waals surface area contributed by atoms with Gasteiger partial charge in [0.25, 0.3) is 5.89 Å². The molecule has 1 aliphatic heterocycles. The van der Waals surface area contributed by atoms with Crippen LogP contribution in [-0.4, -0.2) is 68.8 Å². The summed E-state index contributed by atoms with van der Waals surface area (Å²) < 4.78 is 10.5. The number of anilines is 2. The number of pyridine rings is 2. The van der Waals surface area contributed by atoms with Gasteiger partial charge >= 0.3 is 5.97 Å². The summed E-state index contributed by atoms with van der Waals surface area (Å²) in [5.41, 5.74) is 8.61. The van der Waals surface area contributed by atoms with Crippen molar-refractivity contribution < 1.29 is 14.1 Å². The molecule has 194 valence electrons. The summed E-state index contributed by atoms with van der Waals surface area (Å²) in [7, 11) is 1.39. The van der Waals surface area contributed by atoms with Crippen LogP contribution in [0.25, 0.3) is 22.7 Å². The number of nitrogens with two attached hydrogens (primary N) is 1. The van der Waals surface area contributed by atoms with Gasteiger partial charge in [0.2, 0.25) is 5.95 Å². The van der Waals surface area contributed by atoms with Crippen molar-refractivity contribution in [2.75, 3.05) is 37.4 Å². The number of piperazine rings is 1. The zero-order valence-electron chi connectivity index (χ0n) is 20.9. The summed E-state index contributed by atoms with van der Waals surface area (Å²) in [6.45, 7) is 1.90. The van der Waals surface area contributed by atoms with Crippen molar-refractivity contribution in [1.82, 2.24) is 35.4 Å². The number of nitrogens with one attached hydrogen (secondary N) is 1. The van der Waals surface area contributed by atoms with E-state index in [1.165, 1.54) is 7.11 Å². The van der Waals surface area contributed by atoms with Gasteiger partial charge in [0.05, 0.1) is 23.8 Å². The normalized spacial score (nSPS) is 18.6. The first-order chi connectivity index (χ1) is 18.6.